The summed E-state index contributed by atoms with van der Waals surface area (Å²) in [5, 5.41) is 10.0. The van der Waals surface area contributed by atoms with Gasteiger partial charge in [0.05, 0.1) is 0 Å². The molecular formula is C23H28N4O2+2. The number of hydrogen-bond donors (Lipinski definition) is 0. The molecule has 5 rings (SSSR count). The Kier molecular flexibility index (Phi) is 4.19. The number of fused-ring (bicyclic) bond motifs is 2. The molecule has 1 saturated heterocycles. The van der Waals surface area contributed by atoms with Crippen LogP contribution in [0.5, 0.6) is 11.5 Å². The Bertz CT molecular complexity index is 986. The normalized spacial score (nSPS) is 19.4. The second kappa shape index (κ2) is 6.65. The van der Waals surface area contributed by atoms with Crippen molar-refractivity contribution < 1.29 is 18.9 Å². The number of ether oxygens (including phenoxy) is 2. The van der Waals surface area contributed by atoms with Gasteiger partial charge in [-0.1, -0.05) is 12.1 Å². The van der Waals surface area contributed by atoms with Crippen LogP contribution in [0.4, 0.5) is 11.4 Å². The first-order valence-corrected chi connectivity index (χ1v) is 10.6. The van der Waals surface area contributed by atoms with E-state index in [1.165, 1.54) is 24.0 Å². The number of hydrogen-bond acceptors (Lipinski definition) is 4. The maximum atomic E-state index is 6.69. The number of aryl methyl sites for hydroxylation is 4. The van der Waals surface area contributed by atoms with Crippen molar-refractivity contribution in [3.63, 3.8) is 0 Å². The Morgan fingerprint density at radius 2 is 1.14 bits per heavy atom. The van der Waals surface area contributed by atoms with Crippen molar-refractivity contribution in [2.45, 2.75) is 59.4 Å². The van der Waals surface area contributed by atoms with E-state index in [4.69, 9.17) is 19.7 Å². The van der Waals surface area contributed by atoms with E-state index < -0.39 is 6.03 Å². The van der Waals surface area contributed by atoms with Crippen LogP contribution >= 0.6 is 0 Å². The Morgan fingerprint density at radius 3 is 1.59 bits per heavy atom. The van der Waals surface area contributed by atoms with Gasteiger partial charge in [0.25, 0.3) is 0 Å². The summed E-state index contributed by atoms with van der Waals surface area (Å²) in [6, 6.07) is 7.24. The lowest BCUT2D eigenvalue weighted by Gasteiger charge is -2.29. The fourth-order valence-electron chi connectivity index (χ4n) is 4.55. The van der Waals surface area contributed by atoms with Crippen LogP contribution in [-0.2, 0) is 0 Å². The number of nitrogens with zero attached hydrogens (tertiary/aromatic N) is 4. The van der Waals surface area contributed by atoms with Crippen molar-refractivity contribution in [2.24, 2.45) is 10.2 Å². The van der Waals surface area contributed by atoms with E-state index in [9.17, 15) is 0 Å². The molecular weight excluding hydrogens is 364 g/mol. The molecule has 1 spiro atoms. The first-order valence-electron chi connectivity index (χ1n) is 10.6. The van der Waals surface area contributed by atoms with Gasteiger partial charge >= 0.3 is 6.03 Å². The third-order valence-corrected chi connectivity index (χ3v) is 5.87. The van der Waals surface area contributed by atoms with E-state index in [0.717, 1.165) is 59.9 Å². The second-order valence-electron chi connectivity index (χ2n) is 8.47. The summed E-state index contributed by atoms with van der Waals surface area (Å²) < 4.78 is 17.3. The quantitative estimate of drug-likeness (QED) is 0.533. The van der Waals surface area contributed by atoms with Gasteiger partial charge in [0.2, 0.25) is 0 Å². The van der Waals surface area contributed by atoms with Gasteiger partial charge in [-0.25, -0.2) is 0 Å². The third kappa shape index (κ3) is 2.93. The third-order valence-electron chi connectivity index (χ3n) is 5.87. The van der Waals surface area contributed by atoms with Gasteiger partial charge in [0.1, 0.15) is 0 Å². The summed E-state index contributed by atoms with van der Waals surface area (Å²) in [7, 11) is 0. The molecule has 2 aromatic carbocycles. The number of benzene rings is 2. The van der Waals surface area contributed by atoms with Crippen molar-refractivity contribution in [1.82, 2.24) is 0 Å². The average molecular weight is 393 g/mol. The summed E-state index contributed by atoms with van der Waals surface area (Å²) in [6.07, 6.45) is 4.43. The molecule has 150 valence electrons. The van der Waals surface area contributed by atoms with Crippen LogP contribution in [0.3, 0.4) is 0 Å². The van der Waals surface area contributed by atoms with Gasteiger partial charge in [0, 0.05) is 32.5 Å². The molecule has 0 radical (unpaired) electrons. The maximum absolute atomic E-state index is 6.69. The van der Waals surface area contributed by atoms with E-state index in [1.54, 1.807) is 0 Å². The highest BCUT2D eigenvalue weighted by Crippen LogP contribution is 2.46. The van der Waals surface area contributed by atoms with E-state index in [-0.39, 0.29) is 0 Å². The lowest BCUT2D eigenvalue weighted by atomic mass is 10.1. The Balaban J connectivity index is 1.74. The van der Waals surface area contributed by atoms with Crippen LogP contribution in [0.15, 0.2) is 34.5 Å². The van der Waals surface area contributed by atoms with Gasteiger partial charge in [-0.2, -0.15) is 0 Å². The zero-order chi connectivity index (χ0) is 20.2. The largest absolute Gasteiger partial charge is 0.751 e. The van der Waals surface area contributed by atoms with Crippen molar-refractivity contribution in [3.05, 3.63) is 46.5 Å². The Labute approximate surface area is 171 Å². The maximum Gasteiger partial charge on any atom is 0.751 e. The summed E-state index contributed by atoms with van der Waals surface area (Å²) >= 11 is 0. The summed E-state index contributed by atoms with van der Waals surface area (Å²) in [5.41, 5.74) is 6.21. The lowest BCUT2D eigenvalue weighted by molar-refractivity contribution is -0.954. The van der Waals surface area contributed by atoms with Crippen molar-refractivity contribution in [3.8, 4) is 11.5 Å². The zero-order valence-electron chi connectivity index (χ0n) is 17.7. The van der Waals surface area contributed by atoms with E-state index >= 15 is 0 Å². The summed E-state index contributed by atoms with van der Waals surface area (Å²) in [6.45, 7) is 9.83. The topological polar surface area (TPSA) is 49.2 Å². The van der Waals surface area contributed by atoms with Crippen LogP contribution in [-0.4, -0.2) is 28.5 Å². The van der Waals surface area contributed by atoms with E-state index in [1.807, 2.05) is 9.39 Å². The highest BCUT2D eigenvalue weighted by Gasteiger charge is 2.68. The fraction of sp³-hybridized carbons (Fsp3) is 0.478. The SMILES string of the molecule is Cc1cc(C)c2c(c1)N=[N+]1CCCCCC[N+]3=Nc4cc(C)cc(C)c4OC13O2. The molecule has 0 aromatic heterocycles. The first-order chi connectivity index (χ1) is 14.0. The molecule has 3 aliphatic heterocycles. The van der Waals surface area contributed by atoms with Crippen molar-refractivity contribution in [1.29, 1.82) is 0 Å². The van der Waals surface area contributed by atoms with Crippen LogP contribution in [0.2, 0.25) is 0 Å². The summed E-state index contributed by atoms with van der Waals surface area (Å²) in [4.78, 5) is 0. The monoisotopic (exact) mass is 392 g/mol. The summed E-state index contributed by atoms with van der Waals surface area (Å²) in [5.74, 6) is 1.55. The standard InChI is InChI=1S/C23H28N4O2/c1-15-11-17(3)21-19(13-15)24-26-9-7-5-6-8-10-27-23(26,28-21)29-22-18(4)12-16(2)14-20(22)25-27/h11-14H,5-10H2,1-4H3/q+2. The van der Waals surface area contributed by atoms with Gasteiger partial charge in [-0.15, -0.1) is 0 Å². The molecule has 0 N–H and O–H groups in total. The number of rotatable bonds is 0. The minimum atomic E-state index is -1.18. The predicted molar refractivity (Wildman–Crippen MR) is 109 cm³/mol. The van der Waals surface area contributed by atoms with Crippen molar-refractivity contribution >= 4 is 11.4 Å². The molecule has 0 saturated carbocycles. The lowest BCUT2D eigenvalue weighted by Crippen LogP contribution is -2.62. The molecule has 3 aliphatic rings. The molecule has 0 amide bonds. The van der Waals surface area contributed by atoms with Crippen LogP contribution in [0, 0.1) is 27.7 Å². The smallest absolute Gasteiger partial charge is 0.335 e. The highest BCUT2D eigenvalue weighted by molar-refractivity contribution is 5.59. The molecule has 1 fully saturated rings. The van der Waals surface area contributed by atoms with Gasteiger partial charge in [-0.05, 0) is 74.9 Å². The molecule has 0 aliphatic carbocycles. The van der Waals surface area contributed by atoms with E-state index in [2.05, 4.69) is 52.0 Å². The van der Waals surface area contributed by atoms with Gasteiger partial charge < -0.3 is 9.47 Å². The highest BCUT2D eigenvalue weighted by atomic mass is 16.8. The molecule has 6 heteroatoms. The van der Waals surface area contributed by atoms with Crippen LogP contribution in [0.1, 0.15) is 47.9 Å². The molecule has 2 aromatic rings. The molecule has 0 atom stereocenters. The van der Waals surface area contributed by atoms with E-state index in [0.29, 0.717) is 0 Å². The predicted octanol–water partition coefficient (Wildman–Crippen LogP) is 5.78. The first kappa shape index (κ1) is 18.3. The Morgan fingerprint density at radius 1 is 0.690 bits per heavy atom. The molecule has 6 nitrogen and oxygen atoms in total. The Hall–Kier alpha value is -2.76. The minimum absolute atomic E-state index is 0.763. The zero-order valence-corrected chi connectivity index (χ0v) is 17.7. The molecule has 3 heterocycles. The second-order valence-corrected chi connectivity index (χ2v) is 8.47. The minimum Gasteiger partial charge on any atom is -0.335 e. The van der Waals surface area contributed by atoms with Gasteiger partial charge in [-0.3, -0.25) is 0 Å². The van der Waals surface area contributed by atoms with Crippen molar-refractivity contribution in [2.75, 3.05) is 13.1 Å². The van der Waals surface area contributed by atoms with Gasteiger partial charge in [0.15, 0.2) is 36.0 Å². The van der Waals surface area contributed by atoms with Crippen LogP contribution in [0.25, 0.3) is 0 Å². The number of azo groups is 4. The fourth-order valence-corrected chi connectivity index (χ4v) is 4.55. The van der Waals surface area contributed by atoms with Crippen LogP contribution < -0.4 is 9.47 Å². The average Bonchev–Trinajstić information content (AvgIpc) is 2.74. The molecule has 29 heavy (non-hydrogen) atoms. The molecule has 0 bridgehead atoms. The molecule has 0 unspecified atom stereocenters.